The van der Waals surface area contributed by atoms with Crippen LogP contribution in [0.25, 0.3) is 0 Å². The van der Waals surface area contributed by atoms with Crippen LogP contribution < -0.4 is 0 Å². The fourth-order valence-corrected chi connectivity index (χ4v) is 2.01. The molecular formula is C10H14N2O2. The number of rotatable bonds is 3. The van der Waals surface area contributed by atoms with Crippen LogP contribution in [0.4, 0.5) is 0 Å². The minimum atomic E-state index is -0.582. The fourth-order valence-electron chi connectivity index (χ4n) is 2.01. The number of nitrogens with zero attached hydrogens (tertiary/aromatic N) is 2. The SMILES string of the molecule is CCC(C1CCCC=C1C#N)[N+](=O)[O-]. The van der Waals surface area contributed by atoms with Gasteiger partial charge in [0.2, 0.25) is 6.04 Å². The molecule has 1 rings (SSSR count). The van der Waals surface area contributed by atoms with E-state index in [9.17, 15) is 10.1 Å². The maximum atomic E-state index is 10.8. The second-order valence-electron chi connectivity index (χ2n) is 3.57. The van der Waals surface area contributed by atoms with Crippen molar-refractivity contribution >= 4 is 0 Å². The molecule has 0 N–H and O–H groups in total. The number of hydrogen-bond donors (Lipinski definition) is 0. The Morgan fingerprint density at radius 1 is 1.86 bits per heavy atom. The summed E-state index contributed by atoms with van der Waals surface area (Å²) in [6.07, 6.45) is 4.96. The predicted molar refractivity (Wildman–Crippen MR) is 52.1 cm³/mol. The Kier molecular flexibility index (Phi) is 3.63. The molecule has 0 aromatic carbocycles. The zero-order chi connectivity index (χ0) is 10.6. The van der Waals surface area contributed by atoms with E-state index in [1.807, 2.05) is 6.08 Å². The smallest absolute Gasteiger partial charge is 0.220 e. The third kappa shape index (κ3) is 2.11. The highest BCUT2D eigenvalue weighted by Gasteiger charge is 2.33. The normalized spacial score (nSPS) is 23.4. The van der Waals surface area contributed by atoms with Crippen LogP contribution in [0, 0.1) is 27.4 Å². The first-order chi connectivity index (χ1) is 6.70. The van der Waals surface area contributed by atoms with Gasteiger partial charge in [-0.2, -0.15) is 5.26 Å². The van der Waals surface area contributed by atoms with Crippen LogP contribution in [0.3, 0.4) is 0 Å². The van der Waals surface area contributed by atoms with E-state index in [0.717, 1.165) is 19.3 Å². The zero-order valence-electron chi connectivity index (χ0n) is 8.27. The molecule has 0 spiro atoms. The van der Waals surface area contributed by atoms with Crippen molar-refractivity contribution in [2.75, 3.05) is 0 Å². The Labute approximate surface area is 83.4 Å². The molecule has 0 amide bonds. The summed E-state index contributed by atoms with van der Waals surface area (Å²) in [6, 6.07) is 1.50. The van der Waals surface area contributed by atoms with Gasteiger partial charge in [0, 0.05) is 16.9 Å². The maximum Gasteiger partial charge on any atom is 0.220 e. The lowest BCUT2D eigenvalue weighted by molar-refractivity contribution is -0.530. The van der Waals surface area contributed by atoms with E-state index in [1.54, 1.807) is 6.92 Å². The maximum absolute atomic E-state index is 10.8. The zero-order valence-corrected chi connectivity index (χ0v) is 8.27. The second-order valence-corrected chi connectivity index (χ2v) is 3.57. The monoisotopic (exact) mass is 194 g/mol. The summed E-state index contributed by atoms with van der Waals surface area (Å²) in [7, 11) is 0. The third-order valence-electron chi connectivity index (χ3n) is 2.77. The van der Waals surface area contributed by atoms with Crippen molar-refractivity contribution in [1.29, 1.82) is 5.26 Å². The van der Waals surface area contributed by atoms with Gasteiger partial charge in [-0.15, -0.1) is 0 Å². The minimum absolute atomic E-state index is 0.159. The van der Waals surface area contributed by atoms with E-state index in [2.05, 4.69) is 6.07 Å². The van der Waals surface area contributed by atoms with Crippen molar-refractivity contribution in [2.45, 2.75) is 38.6 Å². The first-order valence-corrected chi connectivity index (χ1v) is 4.94. The molecule has 14 heavy (non-hydrogen) atoms. The number of hydrogen-bond acceptors (Lipinski definition) is 3. The molecule has 0 aromatic rings. The third-order valence-corrected chi connectivity index (χ3v) is 2.77. The molecule has 0 saturated carbocycles. The molecule has 2 unspecified atom stereocenters. The highest BCUT2D eigenvalue weighted by atomic mass is 16.6. The Hall–Kier alpha value is -1.37. The summed E-state index contributed by atoms with van der Waals surface area (Å²) in [6.45, 7) is 1.80. The Morgan fingerprint density at radius 3 is 3.07 bits per heavy atom. The van der Waals surface area contributed by atoms with Gasteiger partial charge < -0.3 is 0 Å². The minimum Gasteiger partial charge on any atom is -0.264 e. The van der Waals surface area contributed by atoms with E-state index >= 15 is 0 Å². The Bertz CT molecular complexity index is 291. The summed E-state index contributed by atoms with van der Waals surface area (Å²) in [5.74, 6) is -0.159. The summed E-state index contributed by atoms with van der Waals surface area (Å²) >= 11 is 0. The van der Waals surface area contributed by atoms with Crippen molar-refractivity contribution in [1.82, 2.24) is 0 Å². The van der Waals surface area contributed by atoms with Crippen LogP contribution in [-0.2, 0) is 0 Å². The van der Waals surface area contributed by atoms with Gasteiger partial charge in [-0.05, 0) is 19.3 Å². The Morgan fingerprint density at radius 2 is 2.57 bits per heavy atom. The van der Waals surface area contributed by atoms with Gasteiger partial charge in [0.15, 0.2) is 0 Å². The molecule has 0 saturated heterocycles. The molecule has 0 radical (unpaired) electrons. The van der Waals surface area contributed by atoms with Crippen molar-refractivity contribution in [3.63, 3.8) is 0 Å². The molecule has 4 heteroatoms. The van der Waals surface area contributed by atoms with E-state index in [1.165, 1.54) is 0 Å². The average molecular weight is 194 g/mol. The molecule has 0 bridgehead atoms. The standard InChI is InChI=1S/C10H14N2O2/c1-2-10(12(13)14)9-6-4-3-5-8(9)7-11/h5,9-10H,2-4,6H2,1H3. The van der Waals surface area contributed by atoms with Gasteiger partial charge in [-0.1, -0.05) is 13.0 Å². The van der Waals surface area contributed by atoms with Gasteiger partial charge in [0.25, 0.3) is 0 Å². The van der Waals surface area contributed by atoms with Gasteiger partial charge in [-0.3, -0.25) is 10.1 Å². The van der Waals surface area contributed by atoms with E-state index in [-0.39, 0.29) is 10.8 Å². The lowest BCUT2D eigenvalue weighted by Gasteiger charge is -2.22. The van der Waals surface area contributed by atoms with Gasteiger partial charge >= 0.3 is 0 Å². The van der Waals surface area contributed by atoms with Crippen molar-refractivity contribution < 1.29 is 4.92 Å². The van der Waals surface area contributed by atoms with E-state index in [0.29, 0.717) is 12.0 Å². The van der Waals surface area contributed by atoms with Crippen LogP contribution in [0.1, 0.15) is 32.6 Å². The van der Waals surface area contributed by atoms with Crippen LogP contribution in [0.15, 0.2) is 11.6 Å². The topological polar surface area (TPSA) is 66.9 Å². The van der Waals surface area contributed by atoms with Crippen LogP contribution in [-0.4, -0.2) is 11.0 Å². The van der Waals surface area contributed by atoms with Crippen LogP contribution in [0.5, 0.6) is 0 Å². The molecule has 0 heterocycles. The van der Waals surface area contributed by atoms with Crippen molar-refractivity contribution in [2.24, 2.45) is 5.92 Å². The van der Waals surface area contributed by atoms with E-state index in [4.69, 9.17) is 5.26 Å². The lowest BCUT2D eigenvalue weighted by Crippen LogP contribution is -2.30. The quantitative estimate of drug-likeness (QED) is 0.511. The number of allylic oxidation sites excluding steroid dienone is 1. The molecular weight excluding hydrogens is 180 g/mol. The number of nitro groups is 1. The lowest BCUT2D eigenvalue weighted by atomic mass is 9.82. The first kappa shape index (κ1) is 10.7. The van der Waals surface area contributed by atoms with Crippen molar-refractivity contribution in [3.05, 3.63) is 21.8 Å². The fraction of sp³-hybridized carbons (Fsp3) is 0.700. The number of nitriles is 1. The second kappa shape index (κ2) is 4.75. The molecule has 0 aliphatic heterocycles. The molecule has 0 aromatic heterocycles. The van der Waals surface area contributed by atoms with Crippen molar-refractivity contribution in [3.8, 4) is 6.07 Å². The van der Waals surface area contributed by atoms with E-state index < -0.39 is 6.04 Å². The molecule has 1 aliphatic rings. The molecule has 1 aliphatic carbocycles. The molecule has 2 atom stereocenters. The average Bonchev–Trinajstić information content (AvgIpc) is 2.19. The summed E-state index contributed by atoms with van der Waals surface area (Å²) in [5, 5.41) is 19.6. The van der Waals surface area contributed by atoms with Gasteiger partial charge in [-0.25, -0.2) is 0 Å². The van der Waals surface area contributed by atoms with Crippen LogP contribution in [0.2, 0.25) is 0 Å². The summed E-state index contributed by atoms with van der Waals surface area (Å²) in [5.41, 5.74) is 0.611. The highest BCUT2D eigenvalue weighted by molar-refractivity contribution is 5.26. The summed E-state index contributed by atoms with van der Waals surface area (Å²) < 4.78 is 0. The molecule has 4 nitrogen and oxygen atoms in total. The van der Waals surface area contributed by atoms with Crippen LogP contribution >= 0.6 is 0 Å². The highest BCUT2D eigenvalue weighted by Crippen LogP contribution is 2.29. The van der Waals surface area contributed by atoms with Gasteiger partial charge in [0.1, 0.15) is 0 Å². The largest absolute Gasteiger partial charge is 0.264 e. The first-order valence-electron chi connectivity index (χ1n) is 4.94. The summed E-state index contributed by atoms with van der Waals surface area (Å²) in [4.78, 5) is 10.5. The molecule has 76 valence electrons. The predicted octanol–water partition coefficient (Wildman–Crippen LogP) is 2.29. The van der Waals surface area contributed by atoms with Gasteiger partial charge in [0.05, 0.1) is 12.0 Å². The Balaban J connectivity index is 2.84. The molecule has 0 fully saturated rings.